The number of amides is 1. The van der Waals surface area contributed by atoms with Crippen LogP contribution in [0.1, 0.15) is 15.9 Å². The second-order valence-electron chi connectivity index (χ2n) is 5.65. The zero-order valence-corrected chi connectivity index (χ0v) is 14.9. The van der Waals surface area contributed by atoms with Crippen molar-refractivity contribution in [3.8, 4) is 22.8 Å². The van der Waals surface area contributed by atoms with Gasteiger partial charge in [-0.1, -0.05) is 6.07 Å². The molecule has 2 heterocycles. The van der Waals surface area contributed by atoms with Gasteiger partial charge in [0.25, 0.3) is 5.91 Å². The van der Waals surface area contributed by atoms with Crippen LogP contribution < -0.4 is 14.8 Å². The van der Waals surface area contributed by atoms with Crippen molar-refractivity contribution in [1.29, 1.82) is 0 Å². The molecule has 0 saturated carbocycles. The number of hydrogen-bond donors (Lipinski definition) is 1. The molecule has 0 bridgehead atoms. The number of ether oxygens (including phenoxy) is 2. The number of methoxy groups -OCH3 is 2. The third-order valence-electron chi connectivity index (χ3n) is 4.01. The molecule has 0 fully saturated rings. The number of para-hydroxylation sites is 1. The van der Waals surface area contributed by atoms with Crippen LogP contribution in [0.2, 0.25) is 0 Å². The molecule has 1 amide bonds. The summed E-state index contributed by atoms with van der Waals surface area (Å²) in [5.74, 6) is 0.681. The van der Waals surface area contributed by atoms with Gasteiger partial charge in [0.15, 0.2) is 11.5 Å². The third-order valence-corrected chi connectivity index (χ3v) is 4.01. The molecule has 0 saturated heterocycles. The highest BCUT2D eigenvalue weighted by molar-refractivity contribution is 5.97. The maximum atomic E-state index is 12.6. The van der Waals surface area contributed by atoms with Crippen LogP contribution in [0, 0.1) is 0 Å². The molecule has 0 spiro atoms. The summed E-state index contributed by atoms with van der Waals surface area (Å²) in [5, 5.41) is 7.06. The topological polar surface area (TPSA) is 78.3 Å². The van der Waals surface area contributed by atoms with Gasteiger partial charge in [0, 0.05) is 37.7 Å². The number of pyridine rings is 1. The normalized spacial score (nSPS) is 10.4. The maximum absolute atomic E-state index is 12.6. The summed E-state index contributed by atoms with van der Waals surface area (Å²) in [5.41, 5.74) is 3.21. The van der Waals surface area contributed by atoms with Crippen molar-refractivity contribution >= 4 is 5.91 Å². The fourth-order valence-corrected chi connectivity index (χ4v) is 2.72. The highest BCUT2D eigenvalue weighted by Gasteiger charge is 2.16. The molecule has 1 N–H and O–H groups in total. The van der Waals surface area contributed by atoms with Gasteiger partial charge >= 0.3 is 0 Å². The van der Waals surface area contributed by atoms with E-state index in [0.717, 1.165) is 16.8 Å². The Morgan fingerprint density at radius 1 is 1.19 bits per heavy atom. The van der Waals surface area contributed by atoms with E-state index in [1.807, 2.05) is 19.2 Å². The summed E-state index contributed by atoms with van der Waals surface area (Å²) in [6.45, 7) is 0.345. The van der Waals surface area contributed by atoms with Crippen molar-refractivity contribution in [1.82, 2.24) is 20.1 Å². The van der Waals surface area contributed by atoms with E-state index in [1.54, 1.807) is 41.5 Å². The van der Waals surface area contributed by atoms with E-state index in [4.69, 9.17) is 9.47 Å². The molecule has 0 radical (unpaired) electrons. The molecule has 3 rings (SSSR count). The van der Waals surface area contributed by atoms with Gasteiger partial charge in [0.2, 0.25) is 0 Å². The molecule has 0 aliphatic heterocycles. The first-order valence-corrected chi connectivity index (χ1v) is 8.05. The van der Waals surface area contributed by atoms with Crippen LogP contribution in [0.4, 0.5) is 0 Å². The highest BCUT2D eigenvalue weighted by atomic mass is 16.5. The smallest absolute Gasteiger partial charge is 0.255 e. The van der Waals surface area contributed by atoms with E-state index in [9.17, 15) is 4.79 Å². The largest absolute Gasteiger partial charge is 0.493 e. The van der Waals surface area contributed by atoms with E-state index >= 15 is 0 Å². The van der Waals surface area contributed by atoms with Crippen LogP contribution in [-0.2, 0) is 13.6 Å². The van der Waals surface area contributed by atoms with Gasteiger partial charge < -0.3 is 14.8 Å². The molecule has 0 aliphatic carbocycles. The Morgan fingerprint density at radius 2 is 2.04 bits per heavy atom. The van der Waals surface area contributed by atoms with Crippen molar-refractivity contribution in [3.63, 3.8) is 0 Å². The fourth-order valence-electron chi connectivity index (χ4n) is 2.72. The monoisotopic (exact) mass is 352 g/mol. The first-order chi connectivity index (χ1) is 12.6. The minimum absolute atomic E-state index is 0.244. The van der Waals surface area contributed by atoms with E-state index in [-0.39, 0.29) is 5.91 Å². The minimum atomic E-state index is -0.244. The van der Waals surface area contributed by atoms with Gasteiger partial charge in [-0.05, 0) is 29.8 Å². The molecular weight excluding hydrogens is 332 g/mol. The summed E-state index contributed by atoms with van der Waals surface area (Å²) in [7, 11) is 4.92. The molecular formula is C19H20N4O3. The van der Waals surface area contributed by atoms with Crippen LogP contribution >= 0.6 is 0 Å². The Bertz CT molecular complexity index is 921. The molecule has 0 unspecified atom stereocenters. The zero-order chi connectivity index (χ0) is 18.5. The second kappa shape index (κ2) is 7.69. The number of carbonyl (C=O) groups excluding carboxylic acids is 1. The van der Waals surface area contributed by atoms with Crippen LogP contribution in [0.3, 0.4) is 0 Å². The number of nitrogens with zero attached hydrogens (tertiary/aromatic N) is 3. The standard InChI is InChI=1S/C19H20N4O3/c1-23-16(7-8-22-23)14-9-13(10-20-12-14)11-21-19(24)15-5-4-6-17(25-2)18(15)26-3/h4-10,12H,11H2,1-3H3,(H,21,24). The molecule has 134 valence electrons. The molecule has 0 aliphatic rings. The lowest BCUT2D eigenvalue weighted by atomic mass is 10.1. The lowest BCUT2D eigenvalue weighted by Crippen LogP contribution is -2.23. The third kappa shape index (κ3) is 3.51. The molecule has 7 nitrogen and oxygen atoms in total. The Balaban J connectivity index is 1.76. The maximum Gasteiger partial charge on any atom is 0.255 e. The van der Waals surface area contributed by atoms with Crippen molar-refractivity contribution in [2.45, 2.75) is 6.54 Å². The highest BCUT2D eigenvalue weighted by Crippen LogP contribution is 2.30. The first-order valence-electron chi connectivity index (χ1n) is 8.05. The summed E-state index contributed by atoms with van der Waals surface area (Å²) >= 11 is 0. The lowest BCUT2D eigenvalue weighted by molar-refractivity contribution is 0.0947. The minimum Gasteiger partial charge on any atom is -0.493 e. The second-order valence-corrected chi connectivity index (χ2v) is 5.65. The summed E-state index contributed by atoms with van der Waals surface area (Å²) in [6, 6.07) is 9.09. The van der Waals surface area contributed by atoms with Crippen LogP contribution in [-0.4, -0.2) is 34.9 Å². The number of rotatable bonds is 6. The van der Waals surface area contributed by atoms with Gasteiger partial charge in [-0.2, -0.15) is 5.10 Å². The number of nitrogens with one attached hydrogen (secondary N) is 1. The Morgan fingerprint density at radius 3 is 2.73 bits per heavy atom. The number of benzene rings is 1. The average molecular weight is 352 g/mol. The predicted octanol–water partition coefficient (Wildman–Crippen LogP) is 2.43. The lowest BCUT2D eigenvalue weighted by Gasteiger charge is -2.12. The van der Waals surface area contributed by atoms with Gasteiger partial charge in [-0.25, -0.2) is 0 Å². The fraction of sp³-hybridized carbons (Fsp3) is 0.211. The van der Waals surface area contributed by atoms with Gasteiger partial charge in [-0.15, -0.1) is 0 Å². The summed E-state index contributed by atoms with van der Waals surface area (Å²) < 4.78 is 12.3. The van der Waals surface area contributed by atoms with E-state index in [1.165, 1.54) is 14.2 Å². The number of aryl methyl sites for hydroxylation is 1. The Kier molecular flexibility index (Phi) is 5.17. The molecule has 26 heavy (non-hydrogen) atoms. The van der Waals surface area contributed by atoms with Crippen molar-refractivity contribution in [2.75, 3.05) is 14.2 Å². The number of hydrogen-bond acceptors (Lipinski definition) is 5. The van der Waals surface area contributed by atoms with Crippen LogP contribution in [0.5, 0.6) is 11.5 Å². The predicted molar refractivity (Wildman–Crippen MR) is 97.2 cm³/mol. The number of aromatic nitrogens is 3. The van der Waals surface area contributed by atoms with Crippen molar-refractivity contribution in [3.05, 3.63) is 60.0 Å². The van der Waals surface area contributed by atoms with Gasteiger partial charge in [0.05, 0.1) is 25.5 Å². The zero-order valence-electron chi connectivity index (χ0n) is 14.9. The Hall–Kier alpha value is -3.35. The molecule has 0 atom stereocenters. The average Bonchev–Trinajstić information content (AvgIpc) is 3.11. The SMILES string of the molecule is COc1cccc(C(=O)NCc2cncc(-c3ccnn3C)c2)c1OC. The van der Waals surface area contributed by atoms with Crippen LogP contribution in [0.25, 0.3) is 11.3 Å². The van der Waals surface area contributed by atoms with Gasteiger partial charge in [-0.3, -0.25) is 14.5 Å². The van der Waals surface area contributed by atoms with Crippen LogP contribution in [0.15, 0.2) is 48.9 Å². The van der Waals surface area contributed by atoms with E-state index < -0.39 is 0 Å². The van der Waals surface area contributed by atoms with Crippen molar-refractivity contribution < 1.29 is 14.3 Å². The Labute approximate surface area is 151 Å². The summed E-state index contributed by atoms with van der Waals surface area (Å²) in [6.07, 6.45) is 5.23. The first kappa shape index (κ1) is 17.5. The molecule has 3 aromatic rings. The van der Waals surface area contributed by atoms with E-state index in [0.29, 0.717) is 23.6 Å². The van der Waals surface area contributed by atoms with Gasteiger partial charge in [0.1, 0.15) is 0 Å². The number of carbonyl (C=O) groups is 1. The van der Waals surface area contributed by atoms with Crippen molar-refractivity contribution in [2.24, 2.45) is 7.05 Å². The molecule has 7 heteroatoms. The molecule has 1 aromatic carbocycles. The quantitative estimate of drug-likeness (QED) is 0.737. The molecule has 2 aromatic heterocycles. The summed E-state index contributed by atoms with van der Waals surface area (Å²) in [4.78, 5) is 16.8. The van der Waals surface area contributed by atoms with E-state index in [2.05, 4.69) is 15.4 Å².